The summed E-state index contributed by atoms with van der Waals surface area (Å²) >= 11 is 0. The highest BCUT2D eigenvalue weighted by atomic mass is 35.5. The molecule has 3 heteroatoms. The van der Waals surface area contributed by atoms with Crippen molar-refractivity contribution in [2.24, 2.45) is 5.73 Å². The van der Waals surface area contributed by atoms with Crippen LogP contribution in [0.4, 0.5) is 0 Å². The van der Waals surface area contributed by atoms with E-state index in [4.69, 9.17) is 5.73 Å². The van der Waals surface area contributed by atoms with Gasteiger partial charge in [0, 0.05) is 6.54 Å². The summed E-state index contributed by atoms with van der Waals surface area (Å²) in [5, 5.41) is 3.22. The number of nitrogens with two attached hydrogens (primary N) is 1. The molecule has 0 amide bonds. The summed E-state index contributed by atoms with van der Waals surface area (Å²) in [6.07, 6.45) is 1.14. The van der Waals surface area contributed by atoms with Crippen LogP contribution in [0.5, 0.6) is 0 Å². The molecule has 1 aliphatic rings. The molecule has 0 spiro atoms. The Balaban J connectivity index is 0.000000720. The van der Waals surface area contributed by atoms with E-state index < -0.39 is 0 Å². The standard InChI is InChI=1S/C9H12N2.ClH/c10-9-8-4-2-1-3-7(8)5-6-11-9;/h1-4,9,11H,5-6,10H2;1H. The Morgan fingerprint density at radius 2 is 2.08 bits per heavy atom. The Hall–Kier alpha value is -0.570. The Morgan fingerprint density at radius 1 is 1.33 bits per heavy atom. The largest absolute Gasteiger partial charge is 0.312 e. The zero-order chi connectivity index (χ0) is 7.68. The molecular weight excluding hydrogens is 172 g/mol. The first kappa shape index (κ1) is 9.52. The zero-order valence-electron chi connectivity index (χ0n) is 6.79. The molecule has 0 fully saturated rings. The smallest absolute Gasteiger partial charge is 0.0812 e. The quantitative estimate of drug-likeness (QED) is 0.636. The fourth-order valence-electron chi connectivity index (χ4n) is 1.54. The maximum Gasteiger partial charge on any atom is 0.0812 e. The minimum atomic E-state index is 0. The lowest BCUT2D eigenvalue weighted by atomic mass is 9.99. The van der Waals surface area contributed by atoms with Crippen molar-refractivity contribution >= 4 is 12.4 Å². The molecule has 66 valence electrons. The highest BCUT2D eigenvalue weighted by Crippen LogP contribution is 2.17. The van der Waals surface area contributed by atoms with Crippen LogP contribution in [-0.2, 0) is 6.42 Å². The predicted molar refractivity (Wildman–Crippen MR) is 52.3 cm³/mol. The minimum Gasteiger partial charge on any atom is -0.312 e. The van der Waals surface area contributed by atoms with Crippen LogP contribution in [0.3, 0.4) is 0 Å². The number of halogens is 1. The van der Waals surface area contributed by atoms with Crippen LogP contribution in [0.15, 0.2) is 24.3 Å². The molecule has 12 heavy (non-hydrogen) atoms. The molecule has 0 radical (unpaired) electrons. The second-order valence-electron chi connectivity index (χ2n) is 2.88. The highest BCUT2D eigenvalue weighted by Gasteiger charge is 2.13. The van der Waals surface area contributed by atoms with Crippen molar-refractivity contribution in [3.05, 3.63) is 35.4 Å². The number of fused-ring (bicyclic) bond motifs is 1. The first-order valence-corrected chi connectivity index (χ1v) is 3.95. The maximum absolute atomic E-state index is 5.84. The second-order valence-corrected chi connectivity index (χ2v) is 2.88. The van der Waals surface area contributed by atoms with Crippen LogP contribution >= 0.6 is 12.4 Å². The van der Waals surface area contributed by atoms with Gasteiger partial charge >= 0.3 is 0 Å². The number of rotatable bonds is 0. The van der Waals surface area contributed by atoms with Gasteiger partial charge in [0.2, 0.25) is 0 Å². The van der Waals surface area contributed by atoms with Gasteiger partial charge in [0.15, 0.2) is 0 Å². The Kier molecular flexibility index (Phi) is 3.09. The Labute approximate surface area is 78.6 Å². The summed E-state index contributed by atoms with van der Waals surface area (Å²) < 4.78 is 0. The molecule has 1 aromatic carbocycles. The van der Waals surface area contributed by atoms with Gasteiger partial charge in [-0.15, -0.1) is 12.4 Å². The van der Waals surface area contributed by atoms with E-state index in [2.05, 4.69) is 23.5 Å². The Bertz CT molecular complexity index is 262. The van der Waals surface area contributed by atoms with Crippen LogP contribution in [0.1, 0.15) is 17.3 Å². The van der Waals surface area contributed by atoms with E-state index in [0.717, 1.165) is 13.0 Å². The van der Waals surface area contributed by atoms with E-state index in [1.165, 1.54) is 11.1 Å². The van der Waals surface area contributed by atoms with Crippen molar-refractivity contribution in [2.45, 2.75) is 12.6 Å². The lowest BCUT2D eigenvalue weighted by Gasteiger charge is -2.23. The molecule has 3 N–H and O–H groups in total. The normalized spacial score (nSPS) is 20.9. The SMILES string of the molecule is Cl.NC1NCCc2ccccc21. The van der Waals surface area contributed by atoms with Gasteiger partial charge in [-0.1, -0.05) is 24.3 Å². The number of hydrogen-bond acceptors (Lipinski definition) is 2. The molecule has 1 unspecified atom stereocenters. The summed E-state index contributed by atoms with van der Waals surface area (Å²) in [4.78, 5) is 0. The first-order valence-electron chi connectivity index (χ1n) is 3.95. The predicted octanol–water partition coefficient (Wildman–Crippen LogP) is 1.21. The minimum absolute atomic E-state index is 0. The van der Waals surface area contributed by atoms with Crippen LogP contribution < -0.4 is 11.1 Å². The van der Waals surface area contributed by atoms with Crippen molar-refractivity contribution in [3.63, 3.8) is 0 Å². The number of nitrogens with one attached hydrogen (secondary N) is 1. The molecule has 1 heterocycles. The topological polar surface area (TPSA) is 38.0 Å². The molecule has 0 aromatic heterocycles. The van der Waals surface area contributed by atoms with Gasteiger partial charge in [0.05, 0.1) is 6.17 Å². The van der Waals surface area contributed by atoms with Crippen molar-refractivity contribution in [1.82, 2.24) is 5.32 Å². The van der Waals surface area contributed by atoms with E-state index in [1.54, 1.807) is 0 Å². The average molecular weight is 185 g/mol. The molecule has 0 aliphatic carbocycles. The summed E-state index contributed by atoms with van der Waals surface area (Å²) in [6, 6.07) is 8.34. The Morgan fingerprint density at radius 3 is 2.83 bits per heavy atom. The summed E-state index contributed by atoms with van der Waals surface area (Å²) in [5.74, 6) is 0. The van der Waals surface area contributed by atoms with Crippen molar-refractivity contribution in [2.75, 3.05) is 6.54 Å². The lowest BCUT2D eigenvalue weighted by Crippen LogP contribution is -2.35. The summed E-state index contributed by atoms with van der Waals surface area (Å²) in [7, 11) is 0. The molecule has 0 saturated heterocycles. The number of hydrogen-bond donors (Lipinski definition) is 2. The van der Waals surface area contributed by atoms with E-state index in [0.29, 0.717) is 0 Å². The van der Waals surface area contributed by atoms with Gasteiger partial charge in [-0.2, -0.15) is 0 Å². The fraction of sp³-hybridized carbons (Fsp3) is 0.333. The third kappa shape index (κ3) is 1.61. The van der Waals surface area contributed by atoms with Crippen molar-refractivity contribution in [1.29, 1.82) is 0 Å². The first-order chi connectivity index (χ1) is 5.38. The van der Waals surface area contributed by atoms with Gasteiger partial charge in [-0.05, 0) is 17.5 Å². The van der Waals surface area contributed by atoms with Crippen molar-refractivity contribution in [3.8, 4) is 0 Å². The van der Waals surface area contributed by atoms with E-state index in [-0.39, 0.29) is 18.6 Å². The molecule has 0 bridgehead atoms. The summed E-state index contributed by atoms with van der Waals surface area (Å²) in [5.41, 5.74) is 8.47. The van der Waals surface area contributed by atoms with Crippen LogP contribution in [0, 0.1) is 0 Å². The van der Waals surface area contributed by atoms with Gasteiger partial charge in [0.25, 0.3) is 0 Å². The van der Waals surface area contributed by atoms with Gasteiger partial charge in [0.1, 0.15) is 0 Å². The summed E-state index contributed by atoms with van der Waals surface area (Å²) in [6.45, 7) is 0.998. The van der Waals surface area contributed by atoms with Crippen molar-refractivity contribution < 1.29 is 0 Å². The molecule has 0 saturated carbocycles. The fourth-order valence-corrected chi connectivity index (χ4v) is 1.54. The third-order valence-electron chi connectivity index (χ3n) is 2.15. The zero-order valence-corrected chi connectivity index (χ0v) is 7.60. The van der Waals surface area contributed by atoms with Gasteiger partial charge in [-0.25, -0.2) is 0 Å². The van der Waals surface area contributed by atoms with Crippen LogP contribution in [0.25, 0.3) is 0 Å². The molecule has 2 nitrogen and oxygen atoms in total. The highest BCUT2D eigenvalue weighted by molar-refractivity contribution is 5.85. The molecule has 1 aromatic rings. The second kappa shape index (κ2) is 3.90. The van der Waals surface area contributed by atoms with Gasteiger partial charge < -0.3 is 5.73 Å². The average Bonchev–Trinajstić information content (AvgIpc) is 2.06. The van der Waals surface area contributed by atoms with E-state index >= 15 is 0 Å². The number of benzene rings is 1. The maximum atomic E-state index is 5.84. The van der Waals surface area contributed by atoms with E-state index in [1.807, 2.05) is 6.07 Å². The van der Waals surface area contributed by atoms with Crippen LogP contribution in [0.2, 0.25) is 0 Å². The monoisotopic (exact) mass is 184 g/mol. The molecule has 1 atom stereocenters. The third-order valence-corrected chi connectivity index (χ3v) is 2.15. The molecule has 1 aliphatic heterocycles. The molecule has 2 rings (SSSR count). The molecular formula is C9H13ClN2. The van der Waals surface area contributed by atoms with Crippen LogP contribution in [-0.4, -0.2) is 6.54 Å². The van der Waals surface area contributed by atoms with Gasteiger partial charge in [-0.3, -0.25) is 5.32 Å². The van der Waals surface area contributed by atoms with E-state index in [9.17, 15) is 0 Å². The lowest BCUT2D eigenvalue weighted by molar-refractivity contribution is 0.521.